The molecule has 0 amide bonds. The third kappa shape index (κ3) is 3.37. The van der Waals surface area contributed by atoms with Crippen molar-refractivity contribution in [3.8, 4) is 0 Å². The second-order valence-electron chi connectivity index (χ2n) is 5.11. The number of hydrogen-bond acceptors (Lipinski definition) is 3. The van der Waals surface area contributed by atoms with Crippen LogP contribution < -0.4 is 10.6 Å². The van der Waals surface area contributed by atoms with Crippen LogP contribution in [0.1, 0.15) is 25.3 Å². The molecule has 0 aromatic carbocycles. The minimum atomic E-state index is -4.33. The summed E-state index contributed by atoms with van der Waals surface area (Å²) in [6, 6.07) is 2.16. The first-order valence-electron chi connectivity index (χ1n) is 6.41. The van der Waals surface area contributed by atoms with Crippen molar-refractivity contribution in [3.05, 3.63) is 23.9 Å². The predicted octanol–water partition coefficient (Wildman–Crippen LogP) is 2.66. The molecule has 1 aromatic rings. The number of nitrogens with two attached hydrogens (primary N) is 1. The Morgan fingerprint density at radius 2 is 2.21 bits per heavy atom. The van der Waals surface area contributed by atoms with E-state index in [2.05, 4.69) is 4.98 Å². The molecular weight excluding hydrogens is 255 g/mol. The summed E-state index contributed by atoms with van der Waals surface area (Å²) in [4.78, 5) is 5.95. The number of hydrogen-bond donors (Lipinski definition) is 1. The topological polar surface area (TPSA) is 42.1 Å². The maximum atomic E-state index is 12.7. The fourth-order valence-corrected chi connectivity index (χ4v) is 2.41. The van der Waals surface area contributed by atoms with Gasteiger partial charge in [0.05, 0.1) is 5.56 Å². The Morgan fingerprint density at radius 1 is 1.47 bits per heavy atom. The molecule has 1 aromatic heterocycles. The summed E-state index contributed by atoms with van der Waals surface area (Å²) in [6.07, 6.45) is -1.15. The predicted molar refractivity (Wildman–Crippen MR) is 67.8 cm³/mol. The third-order valence-electron chi connectivity index (χ3n) is 3.60. The number of alkyl halides is 3. The van der Waals surface area contributed by atoms with Crippen LogP contribution in [0.3, 0.4) is 0 Å². The quantitative estimate of drug-likeness (QED) is 0.900. The summed E-state index contributed by atoms with van der Waals surface area (Å²) in [5.41, 5.74) is 5.23. The first-order valence-corrected chi connectivity index (χ1v) is 6.41. The summed E-state index contributed by atoms with van der Waals surface area (Å²) in [6.45, 7) is 3.34. The normalized spacial score (nSPS) is 22.4. The Hall–Kier alpha value is -1.30. The summed E-state index contributed by atoms with van der Waals surface area (Å²) in [5.74, 6) is 0.699. The highest BCUT2D eigenvalue weighted by Crippen LogP contribution is 2.31. The van der Waals surface area contributed by atoms with E-state index in [9.17, 15) is 13.2 Å². The number of piperidine rings is 1. The van der Waals surface area contributed by atoms with Gasteiger partial charge in [-0.25, -0.2) is 4.98 Å². The lowest BCUT2D eigenvalue weighted by molar-refractivity contribution is -0.137. The van der Waals surface area contributed by atoms with Gasteiger partial charge in [-0.3, -0.25) is 0 Å². The number of pyridine rings is 1. The standard InChI is InChI=1S/C13H18F3N3/c1-9(17)10-3-2-6-19(8-10)12-7-11(4-5-18-12)13(14,15)16/h4-5,7,9-10H,2-3,6,8,17H2,1H3. The summed E-state index contributed by atoms with van der Waals surface area (Å²) >= 11 is 0. The van der Waals surface area contributed by atoms with Gasteiger partial charge in [-0.05, 0) is 37.8 Å². The summed E-state index contributed by atoms with van der Waals surface area (Å²) < 4.78 is 38.0. The third-order valence-corrected chi connectivity index (χ3v) is 3.60. The van der Waals surface area contributed by atoms with Gasteiger partial charge in [0.2, 0.25) is 0 Å². The summed E-state index contributed by atoms with van der Waals surface area (Å²) in [7, 11) is 0. The van der Waals surface area contributed by atoms with Crippen molar-refractivity contribution in [1.82, 2.24) is 4.98 Å². The van der Waals surface area contributed by atoms with Crippen LogP contribution in [0.25, 0.3) is 0 Å². The highest BCUT2D eigenvalue weighted by Gasteiger charge is 2.32. The van der Waals surface area contributed by atoms with E-state index < -0.39 is 11.7 Å². The molecule has 2 N–H and O–H groups in total. The van der Waals surface area contributed by atoms with E-state index in [0.717, 1.165) is 31.5 Å². The van der Waals surface area contributed by atoms with E-state index in [0.29, 0.717) is 18.3 Å². The van der Waals surface area contributed by atoms with Gasteiger partial charge in [-0.1, -0.05) is 0 Å². The van der Waals surface area contributed by atoms with Crippen LogP contribution in [-0.2, 0) is 6.18 Å². The van der Waals surface area contributed by atoms with Crippen LogP contribution in [0, 0.1) is 5.92 Å². The molecule has 19 heavy (non-hydrogen) atoms. The fourth-order valence-electron chi connectivity index (χ4n) is 2.41. The average Bonchev–Trinajstić information content (AvgIpc) is 2.38. The van der Waals surface area contributed by atoms with Crippen molar-refractivity contribution < 1.29 is 13.2 Å². The van der Waals surface area contributed by atoms with Gasteiger partial charge in [-0.15, -0.1) is 0 Å². The van der Waals surface area contributed by atoms with E-state index in [-0.39, 0.29) is 6.04 Å². The molecule has 0 radical (unpaired) electrons. The monoisotopic (exact) mass is 273 g/mol. The maximum Gasteiger partial charge on any atom is 0.416 e. The zero-order valence-electron chi connectivity index (χ0n) is 10.8. The lowest BCUT2D eigenvalue weighted by atomic mass is 9.92. The molecule has 0 bridgehead atoms. The molecule has 1 aliphatic heterocycles. The molecule has 1 saturated heterocycles. The van der Waals surface area contributed by atoms with Crippen LogP contribution in [0.4, 0.5) is 19.0 Å². The van der Waals surface area contributed by atoms with Crippen LogP contribution in [0.15, 0.2) is 18.3 Å². The van der Waals surface area contributed by atoms with Gasteiger partial charge in [0, 0.05) is 25.3 Å². The molecule has 2 heterocycles. The Morgan fingerprint density at radius 3 is 2.84 bits per heavy atom. The number of anilines is 1. The SMILES string of the molecule is CC(N)C1CCCN(c2cc(C(F)(F)F)ccn2)C1. The van der Waals surface area contributed by atoms with E-state index in [4.69, 9.17) is 5.73 Å². The van der Waals surface area contributed by atoms with Crippen molar-refractivity contribution >= 4 is 5.82 Å². The molecule has 3 nitrogen and oxygen atoms in total. The molecule has 2 atom stereocenters. The van der Waals surface area contributed by atoms with Crippen molar-refractivity contribution in [2.24, 2.45) is 11.7 Å². The highest BCUT2D eigenvalue weighted by atomic mass is 19.4. The zero-order chi connectivity index (χ0) is 14.0. The van der Waals surface area contributed by atoms with Crippen LogP contribution in [-0.4, -0.2) is 24.1 Å². The molecule has 0 spiro atoms. The van der Waals surface area contributed by atoms with Crippen LogP contribution >= 0.6 is 0 Å². The smallest absolute Gasteiger partial charge is 0.356 e. The second-order valence-corrected chi connectivity index (χ2v) is 5.11. The first kappa shape index (κ1) is 14.1. The largest absolute Gasteiger partial charge is 0.416 e. The lowest BCUT2D eigenvalue weighted by Gasteiger charge is -2.35. The number of rotatable bonds is 2. The highest BCUT2D eigenvalue weighted by molar-refractivity contribution is 5.42. The first-order chi connectivity index (χ1) is 8.88. The minimum Gasteiger partial charge on any atom is -0.356 e. The van der Waals surface area contributed by atoms with E-state index in [1.54, 1.807) is 0 Å². The molecule has 0 saturated carbocycles. The van der Waals surface area contributed by atoms with Gasteiger partial charge < -0.3 is 10.6 Å². The van der Waals surface area contributed by atoms with Gasteiger partial charge in [-0.2, -0.15) is 13.2 Å². The van der Waals surface area contributed by atoms with Gasteiger partial charge in [0.25, 0.3) is 0 Å². The average molecular weight is 273 g/mol. The molecular formula is C13H18F3N3. The van der Waals surface area contributed by atoms with Gasteiger partial charge in [0.15, 0.2) is 0 Å². The van der Waals surface area contributed by atoms with Crippen molar-refractivity contribution in [2.75, 3.05) is 18.0 Å². The lowest BCUT2D eigenvalue weighted by Crippen LogP contribution is -2.42. The molecule has 6 heteroatoms. The molecule has 1 aliphatic rings. The zero-order valence-corrected chi connectivity index (χ0v) is 10.8. The minimum absolute atomic E-state index is 0.0496. The molecule has 1 fully saturated rings. The fraction of sp³-hybridized carbons (Fsp3) is 0.615. The van der Waals surface area contributed by atoms with Crippen LogP contribution in [0.2, 0.25) is 0 Å². The summed E-state index contributed by atoms with van der Waals surface area (Å²) in [5, 5.41) is 0. The molecule has 2 rings (SSSR count). The number of halogens is 3. The molecule has 2 unspecified atom stereocenters. The van der Waals surface area contributed by atoms with Crippen molar-refractivity contribution in [1.29, 1.82) is 0 Å². The van der Waals surface area contributed by atoms with Gasteiger partial charge in [0.1, 0.15) is 5.82 Å². The molecule has 106 valence electrons. The van der Waals surface area contributed by atoms with E-state index in [1.165, 1.54) is 6.20 Å². The number of nitrogens with zero attached hydrogens (tertiary/aromatic N) is 2. The Balaban J connectivity index is 2.17. The Bertz CT molecular complexity index is 431. The van der Waals surface area contributed by atoms with Crippen LogP contribution in [0.5, 0.6) is 0 Å². The second kappa shape index (κ2) is 5.36. The van der Waals surface area contributed by atoms with Crippen molar-refractivity contribution in [2.45, 2.75) is 32.0 Å². The Kier molecular flexibility index (Phi) is 3.99. The van der Waals surface area contributed by atoms with Gasteiger partial charge >= 0.3 is 6.18 Å². The number of aromatic nitrogens is 1. The molecule has 0 aliphatic carbocycles. The maximum absolute atomic E-state index is 12.7. The van der Waals surface area contributed by atoms with E-state index >= 15 is 0 Å². The Labute approximate surface area is 110 Å². The van der Waals surface area contributed by atoms with Crippen molar-refractivity contribution in [3.63, 3.8) is 0 Å². The van der Waals surface area contributed by atoms with E-state index in [1.807, 2.05) is 11.8 Å².